The summed E-state index contributed by atoms with van der Waals surface area (Å²) < 4.78 is 5.33. The van der Waals surface area contributed by atoms with Crippen molar-refractivity contribution in [3.05, 3.63) is 58.3 Å². The van der Waals surface area contributed by atoms with E-state index in [4.69, 9.17) is 33.7 Å². The summed E-state index contributed by atoms with van der Waals surface area (Å²) in [7, 11) is 1.58. The van der Waals surface area contributed by atoms with Crippen LogP contribution in [-0.2, 0) is 0 Å². The SMILES string of the molecule is COc1ccc(Cl)cc1Nc1ncnc(Nc2cccc(Cl)c2C)c1N. The molecule has 26 heavy (non-hydrogen) atoms. The summed E-state index contributed by atoms with van der Waals surface area (Å²) in [5, 5.41) is 7.54. The van der Waals surface area contributed by atoms with Crippen molar-refractivity contribution in [3.8, 4) is 5.75 Å². The minimum atomic E-state index is 0.355. The zero-order valence-electron chi connectivity index (χ0n) is 14.2. The lowest BCUT2D eigenvalue weighted by Crippen LogP contribution is -2.06. The first-order chi connectivity index (χ1) is 12.5. The molecule has 3 rings (SSSR count). The van der Waals surface area contributed by atoms with E-state index < -0.39 is 0 Å². The number of halogens is 2. The molecule has 0 atom stereocenters. The van der Waals surface area contributed by atoms with Crippen LogP contribution in [0.15, 0.2) is 42.7 Å². The molecule has 2 aromatic carbocycles. The summed E-state index contributed by atoms with van der Waals surface area (Å²) in [5.74, 6) is 1.52. The molecule has 0 amide bonds. The molecule has 8 heteroatoms. The summed E-state index contributed by atoms with van der Waals surface area (Å²) in [6, 6.07) is 10.8. The third kappa shape index (κ3) is 3.76. The Hall–Kier alpha value is -2.70. The van der Waals surface area contributed by atoms with Crippen LogP contribution in [0, 0.1) is 6.92 Å². The average Bonchev–Trinajstić information content (AvgIpc) is 2.62. The molecule has 0 saturated carbocycles. The van der Waals surface area contributed by atoms with Crippen molar-refractivity contribution in [1.29, 1.82) is 0 Å². The smallest absolute Gasteiger partial charge is 0.159 e. The quantitative estimate of drug-likeness (QED) is 0.557. The average molecular weight is 390 g/mol. The fourth-order valence-corrected chi connectivity index (χ4v) is 2.72. The molecule has 0 fully saturated rings. The molecule has 3 aromatic rings. The predicted molar refractivity (Wildman–Crippen MR) is 107 cm³/mol. The lowest BCUT2D eigenvalue weighted by Gasteiger charge is -2.15. The molecule has 0 aliphatic heterocycles. The molecule has 1 aromatic heterocycles. The Morgan fingerprint density at radius 2 is 1.69 bits per heavy atom. The monoisotopic (exact) mass is 389 g/mol. The Labute approximate surface area is 161 Å². The molecular formula is C18H17Cl2N5O. The number of aromatic nitrogens is 2. The zero-order valence-corrected chi connectivity index (χ0v) is 15.7. The number of hydrogen-bond acceptors (Lipinski definition) is 6. The number of nitrogen functional groups attached to an aromatic ring is 1. The van der Waals surface area contributed by atoms with Crippen LogP contribution in [-0.4, -0.2) is 17.1 Å². The Morgan fingerprint density at radius 1 is 1.00 bits per heavy atom. The molecule has 134 valence electrons. The van der Waals surface area contributed by atoms with E-state index in [9.17, 15) is 0 Å². The van der Waals surface area contributed by atoms with Crippen molar-refractivity contribution < 1.29 is 4.74 Å². The maximum Gasteiger partial charge on any atom is 0.159 e. The fourth-order valence-electron chi connectivity index (χ4n) is 2.37. The molecule has 0 unspecified atom stereocenters. The second-order valence-corrected chi connectivity index (χ2v) is 6.34. The maximum absolute atomic E-state index is 6.24. The van der Waals surface area contributed by atoms with Crippen LogP contribution in [0.25, 0.3) is 0 Å². The highest BCUT2D eigenvalue weighted by atomic mass is 35.5. The molecule has 0 spiro atoms. The summed E-state index contributed by atoms with van der Waals surface area (Å²) in [4.78, 5) is 8.43. The number of nitrogens with two attached hydrogens (primary N) is 1. The molecule has 0 bridgehead atoms. The van der Waals surface area contributed by atoms with Crippen LogP contribution in [0.4, 0.5) is 28.7 Å². The van der Waals surface area contributed by atoms with Crippen LogP contribution in [0.1, 0.15) is 5.56 Å². The third-order valence-electron chi connectivity index (χ3n) is 3.82. The van der Waals surface area contributed by atoms with E-state index in [0.717, 1.165) is 11.3 Å². The third-order valence-corrected chi connectivity index (χ3v) is 4.46. The van der Waals surface area contributed by atoms with Gasteiger partial charge in [0.1, 0.15) is 17.8 Å². The number of nitrogens with one attached hydrogen (secondary N) is 2. The van der Waals surface area contributed by atoms with Crippen molar-refractivity contribution in [3.63, 3.8) is 0 Å². The number of methoxy groups -OCH3 is 1. The van der Waals surface area contributed by atoms with Crippen LogP contribution in [0.5, 0.6) is 5.75 Å². The van der Waals surface area contributed by atoms with E-state index in [2.05, 4.69) is 20.6 Å². The highest BCUT2D eigenvalue weighted by molar-refractivity contribution is 6.31. The number of nitrogens with zero attached hydrogens (tertiary/aromatic N) is 2. The van der Waals surface area contributed by atoms with Crippen LogP contribution < -0.4 is 21.1 Å². The van der Waals surface area contributed by atoms with E-state index in [-0.39, 0.29) is 0 Å². The lowest BCUT2D eigenvalue weighted by atomic mass is 10.2. The normalized spacial score (nSPS) is 10.5. The Bertz CT molecular complexity index is 949. The van der Waals surface area contributed by atoms with Gasteiger partial charge >= 0.3 is 0 Å². The van der Waals surface area contributed by atoms with E-state index in [1.807, 2.05) is 25.1 Å². The summed E-state index contributed by atoms with van der Waals surface area (Å²) in [6.45, 7) is 1.91. The van der Waals surface area contributed by atoms with Gasteiger partial charge < -0.3 is 21.1 Å². The molecular weight excluding hydrogens is 373 g/mol. The van der Waals surface area contributed by atoms with E-state index in [0.29, 0.717) is 38.8 Å². The highest BCUT2D eigenvalue weighted by Gasteiger charge is 2.12. The second-order valence-electron chi connectivity index (χ2n) is 5.49. The molecule has 0 aliphatic carbocycles. The minimum Gasteiger partial charge on any atom is -0.495 e. The van der Waals surface area contributed by atoms with E-state index in [1.165, 1.54) is 6.33 Å². The molecule has 4 N–H and O–H groups in total. The van der Waals surface area contributed by atoms with Crippen molar-refractivity contribution in [2.24, 2.45) is 0 Å². The first-order valence-electron chi connectivity index (χ1n) is 7.72. The van der Waals surface area contributed by atoms with Gasteiger partial charge in [0.25, 0.3) is 0 Å². The first kappa shape index (κ1) is 18.1. The largest absolute Gasteiger partial charge is 0.495 e. The maximum atomic E-state index is 6.24. The molecule has 0 radical (unpaired) electrons. The second kappa shape index (κ2) is 7.68. The zero-order chi connectivity index (χ0) is 18.7. The summed E-state index contributed by atoms with van der Waals surface area (Å²) >= 11 is 12.2. The van der Waals surface area contributed by atoms with Crippen LogP contribution in [0.2, 0.25) is 10.0 Å². The first-order valence-corrected chi connectivity index (χ1v) is 8.48. The van der Waals surface area contributed by atoms with Crippen molar-refractivity contribution in [1.82, 2.24) is 9.97 Å². The summed E-state index contributed by atoms with van der Waals surface area (Å²) in [6.07, 6.45) is 1.41. The number of hydrogen-bond donors (Lipinski definition) is 3. The van der Waals surface area contributed by atoms with Crippen LogP contribution in [0.3, 0.4) is 0 Å². The van der Waals surface area contributed by atoms with Crippen molar-refractivity contribution in [2.45, 2.75) is 6.92 Å². The van der Waals surface area contributed by atoms with E-state index >= 15 is 0 Å². The molecule has 1 heterocycles. The van der Waals surface area contributed by atoms with Gasteiger partial charge in [-0.3, -0.25) is 0 Å². The number of anilines is 5. The van der Waals surface area contributed by atoms with Gasteiger partial charge in [-0.25, -0.2) is 9.97 Å². The van der Waals surface area contributed by atoms with Gasteiger partial charge in [-0.1, -0.05) is 29.3 Å². The highest BCUT2D eigenvalue weighted by Crippen LogP contribution is 2.34. The van der Waals surface area contributed by atoms with Gasteiger partial charge in [-0.05, 0) is 42.8 Å². The van der Waals surface area contributed by atoms with Crippen molar-refractivity contribution in [2.75, 3.05) is 23.5 Å². The molecule has 0 aliphatic rings. The van der Waals surface area contributed by atoms with Gasteiger partial charge in [0.05, 0.1) is 12.8 Å². The predicted octanol–water partition coefficient (Wildman–Crippen LogP) is 5.17. The topological polar surface area (TPSA) is 85.1 Å². The number of rotatable bonds is 5. The Balaban J connectivity index is 1.93. The Kier molecular flexibility index (Phi) is 5.35. The van der Waals surface area contributed by atoms with Crippen molar-refractivity contribution >= 4 is 51.9 Å². The van der Waals surface area contributed by atoms with E-state index in [1.54, 1.807) is 25.3 Å². The minimum absolute atomic E-state index is 0.355. The number of benzene rings is 2. The number of ether oxygens (including phenoxy) is 1. The van der Waals surface area contributed by atoms with Gasteiger partial charge in [-0.15, -0.1) is 0 Å². The van der Waals surface area contributed by atoms with Gasteiger partial charge in [-0.2, -0.15) is 0 Å². The molecule has 0 saturated heterocycles. The van der Waals surface area contributed by atoms with Gasteiger partial charge in [0, 0.05) is 15.7 Å². The fraction of sp³-hybridized carbons (Fsp3) is 0.111. The molecule has 6 nitrogen and oxygen atoms in total. The summed E-state index contributed by atoms with van der Waals surface area (Å²) in [5.41, 5.74) is 8.96. The van der Waals surface area contributed by atoms with Gasteiger partial charge in [0.2, 0.25) is 0 Å². The van der Waals surface area contributed by atoms with Crippen LogP contribution >= 0.6 is 23.2 Å². The lowest BCUT2D eigenvalue weighted by molar-refractivity contribution is 0.417. The Morgan fingerprint density at radius 3 is 2.38 bits per heavy atom. The standard InChI is InChI=1S/C18H17Cl2N5O/c1-10-12(20)4-3-5-13(10)24-17-16(21)18(23-9-22-17)25-14-8-11(19)6-7-15(14)26-2/h3-9H,21H2,1-2H3,(H2,22,23,24,25). The van der Waals surface area contributed by atoms with Gasteiger partial charge in [0.15, 0.2) is 11.6 Å².